The van der Waals surface area contributed by atoms with E-state index in [2.05, 4.69) is 26.7 Å². The minimum Gasteiger partial charge on any atom is -0.495 e. The molecular formula is C19H24ClN3O3S. The maximum Gasteiger partial charge on any atom is 0.244 e. The van der Waals surface area contributed by atoms with Gasteiger partial charge < -0.3 is 9.64 Å². The zero-order valence-electron chi connectivity index (χ0n) is 15.3. The average Bonchev–Trinajstić information content (AvgIpc) is 2.69. The maximum atomic E-state index is 12.6. The van der Waals surface area contributed by atoms with Crippen molar-refractivity contribution in [3.63, 3.8) is 0 Å². The molecule has 27 heavy (non-hydrogen) atoms. The first-order valence-electron chi connectivity index (χ1n) is 8.85. The van der Waals surface area contributed by atoms with E-state index in [1.54, 1.807) is 12.1 Å². The highest BCUT2D eigenvalue weighted by Gasteiger charge is 2.21. The SMILES string of the molecule is COc1ccc(Cl)cc1S(=O)(=O)NCCN1CCN(c2ccccc2)CC1. The minimum atomic E-state index is -3.68. The highest BCUT2D eigenvalue weighted by Crippen LogP contribution is 2.26. The summed E-state index contributed by atoms with van der Waals surface area (Å²) < 4.78 is 32.9. The monoisotopic (exact) mass is 409 g/mol. The van der Waals surface area contributed by atoms with Crippen LogP contribution in [-0.4, -0.2) is 59.7 Å². The molecule has 1 saturated heterocycles. The fourth-order valence-corrected chi connectivity index (χ4v) is 4.60. The number of para-hydroxylation sites is 1. The number of benzene rings is 2. The molecule has 0 spiro atoms. The molecule has 0 radical (unpaired) electrons. The number of methoxy groups -OCH3 is 1. The summed E-state index contributed by atoms with van der Waals surface area (Å²) in [6.07, 6.45) is 0. The number of sulfonamides is 1. The molecule has 0 amide bonds. The smallest absolute Gasteiger partial charge is 0.244 e. The van der Waals surface area contributed by atoms with Crippen molar-refractivity contribution in [2.24, 2.45) is 0 Å². The molecule has 0 unspecified atom stereocenters. The third-order valence-electron chi connectivity index (χ3n) is 4.63. The van der Waals surface area contributed by atoms with Gasteiger partial charge >= 0.3 is 0 Å². The first-order valence-corrected chi connectivity index (χ1v) is 10.7. The van der Waals surface area contributed by atoms with Crippen molar-refractivity contribution in [2.75, 3.05) is 51.3 Å². The number of halogens is 1. The molecule has 0 bridgehead atoms. The van der Waals surface area contributed by atoms with Gasteiger partial charge in [0.2, 0.25) is 10.0 Å². The normalized spacial score (nSPS) is 15.7. The molecule has 1 N–H and O–H groups in total. The van der Waals surface area contributed by atoms with Gasteiger partial charge in [-0.05, 0) is 30.3 Å². The van der Waals surface area contributed by atoms with Crippen LogP contribution in [0.3, 0.4) is 0 Å². The number of anilines is 1. The molecule has 0 saturated carbocycles. The first-order chi connectivity index (χ1) is 13.0. The third kappa shape index (κ3) is 5.13. The summed E-state index contributed by atoms with van der Waals surface area (Å²) in [5.74, 6) is 0.281. The molecule has 3 rings (SSSR count). The van der Waals surface area contributed by atoms with Crippen LogP contribution in [-0.2, 0) is 10.0 Å². The molecule has 2 aromatic rings. The Hall–Kier alpha value is -1.80. The number of rotatable bonds is 7. The van der Waals surface area contributed by atoms with Crippen LogP contribution in [0.5, 0.6) is 5.75 Å². The summed E-state index contributed by atoms with van der Waals surface area (Å²) in [6, 6.07) is 14.9. The summed E-state index contributed by atoms with van der Waals surface area (Å²) in [5, 5.41) is 0.355. The average molecular weight is 410 g/mol. The molecule has 6 nitrogen and oxygen atoms in total. The lowest BCUT2D eigenvalue weighted by molar-refractivity contribution is 0.262. The van der Waals surface area contributed by atoms with E-state index >= 15 is 0 Å². The molecule has 1 aliphatic heterocycles. The topological polar surface area (TPSA) is 61.9 Å². The predicted molar refractivity (Wildman–Crippen MR) is 108 cm³/mol. The van der Waals surface area contributed by atoms with Gasteiger partial charge in [0.05, 0.1) is 7.11 Å². The largest absolute Gasteiger partial charge is 0.495 e. The van der Waals surface area contributed by atoms with Gasteiger partial charge in [-0.15, -0.1) is 0 Å². The van der Waals surface area contributed by atoms with Crippen LogP contribution < -0.4 is 14.4 Å². The van der Waals surface area contributed by atoms with Crippen molar-refractivity contribution in [3.8, 4) is 5.75 Å². The number of piperazine rings is 1. The third-order valence-corrected chi connectivity index (χ3v) is 6.35. The number of nitrogens with one attached hydrogen (secondary N) is 1. The highest BCUT2D eigenvalue weighted by molar-refractivity contribution is 7.89. The molecule has 146 valence electrons. The van der Waals surface area contributed by atoms with E-state index in [9.17, 15) is 8.42 Å². The number of hydrogen-bond donors (Lipinski definition) is 1. The molecule has 8 heteroatoms. The number of hydrogen-bond acceptors (Lipinski definition) is 5. The molecule has 1 aliphatic rings. The fourth-order valence-electron chi connectivity index (χ4n) is 3.14. The summed E-state index contributed by atoms with van der Waals surface area (Å²) in [5.41, 5.74) is 1.23. The second-order valence-electron chi connectivity index (χ2n) is 6.36. The van der Waals surface area contributed by atoms with Crippen LogP contribution in [0.2, 0.25) is 5.02 Å². The molecule has 1 heterocycles. The zero-order valence-corrected chi connectivity index (χ0v) is 16.8. The van der Waals surface area contributed by atoms with E-state index in [4.69, 9.17) is 16.3 Å². The molecule has 2 aromatic carbocycles. The summed E-state index contributed by atoms with van der Waals surface area (Å²) in [6.45, 7) is 4.65. The standard InChI is InChI=1S/C19H24ClN3O3S/c1-26-18-8-7-16(20)15-19(18)27(24,25)21-9-10-22-11-13-23(14-12-22)17-5-3-2-4-6-17/h2-8,15,21H,9-14H2,1H3. The second-order valence-corrected chi connectivity index (χ2v) is 8.53. The van der Waals surface area contributed by atoms with Crippen LogP contribution in [0.15, 0.2) is 53.4 Å². The van der Waals surface area contributed by atoms with Crippen LogP contribution in [0.4, 0.5) is 5.69 Å². The fraction of sp³-hybridized carbons (Fsp3) is 0.368. The van der Waals surface area contributed by atoms with Crippen LogP contribution >= 0.6 is 11.6 Å². The van der Waals surface area contributed by atoms with Gasteiger partial charge in [-0.2, -0.15) is 0 Å². The lowest BCUT2D eigenvalue weighted by Crippen LogP contribution is -2.48. The Kier molecular flexibility index (Phi) is 6.59. The van der Waals surface area contributed by atoms with Gasteiger partial charge in [0.1, 0.15) is 10.6 Å². The second kappa shape index (κ2) is 8.93. The van der Waals surface area contributed by atoms with E-state index in [0.29, 0.717) is 18.1 Å². The Bertz CT molecular complexity index is 854. The van der Waals surface area contributed by atoms with E-state index in [-0.39, 0.29) is 10.6 Å². The van der Waals surface area contributed by atoms with Crippen LogP contribution in [0.1, 0.15) is 0 Å². The Morgan fingerprint density at radius 3 is 2.44 bits per heavy atom. The molecule has 0 aromatic heterocycles. The molecule has 0 aliphatic carbocycles. The Morgan fingerprint density at radius 1 is 1.07 bits per heavy atom. The quantitative estimate of drug-likeness (QED) is 0.761. The minimum absolute atomic E-state index is 0.0615. The lowest BCUT2D eigenvalue weighted by Gasteiger charge is -2.36. The van der Waals surface area contributed by atoms with Gasteiger partial charge in [0, 0.05) is 50.0 Å². The van der Waals surface area contributed by atoms with E-state index in [0.717, 1.165) is 26.2 Å². The molecular weight excluding hydrogens is 386 g/mol. The summed E-state index contributed by atoms with van der Waals surface area (Å²) >= 11 is 5.94. The number of nitrogens with zero attached hydrogens (tertiary/aromatic N) is 2. The van der Waals surface area contributed by atoms with Crippen LogP contribution in [0, 0.1) is 0 Å². The van der Waals surface area contributed by atoms with E-state index in [1.165, 1.54) is 18.9 Å². The van der Waals surface area contributed by atoms with Crippen molar-refractivity contribution < 1.29 is 13.2 Å². The van der Waals surface area contributed by atoms with Crippen molar-refractivity contribution in [2.45, 2.75) is 4.90 Å². The van der Waals surface area contributed by atoms with Crippen molar-refractivity contribution in [1.82, 2.24) is 9.62 Å². The van der Waals surface area contributed by atoms with Gasteiger partial charge in [-0.1, -0.05) is 29.8 Å². The predicted octanol–water partition coefficient (Wildman–Crippen LogP) is 2.45. The van der Waals surface area contributed by atoms with Gasteiger partial charge in [0.15, 0.2) is 0 Å². The lowest BCUT2D eigenvalue weighted by atomic mass is 10.2. The van der Waals surface area contributed by atoms with Gasteiger partial charge in [-0.3, -0.25) is 4.90 Å². The zero-order chi connectivity index (χ0) is 19.3. The van der Waals surface area contributed by atoms with Gasteiger partial charge in [-0.25, -0.2) is 13.1 Å². The Balaban J connectivity index is 1.51. The summed E-state index contributed by atoms with van der Waals surface area (Å²) in [7, 11) is -2.24. The number of ether oxygens (including phenoxy) is 1. The van der Waals surface area contributed by atoms with Crippen molar-refractivity contribution in [3.05, 3.63) is 53.6 Å². The van der Waals surface area contributed by atoms with Crippen LogP contribution in [0.25, 0.3) is 0 Å². The molecule has 0 atom stereocenters. The Morgan fingerprint density at radius 2 is 1.78 bits per heavy atom. The van der Waals surface area contributed by atoms with E-state index < -0.39 is 10.0 Å². The Labute approximate surface area is 165 Å². The van der Waals surface area contributed by atoms with Crippen molar-refractivity contribution in [1.29, 1.82) is 0 Å². The van der Waals surface area contributed by atoms with Gasteiger partial charge in [0.25, 0.3) is 0 Å². The first kappa shape index (κ1) is 19.9. The maximum absolute atomic E-state index is 12.6. The highest BCUT2D eigenvalue weighted by atomic mass is 35.5. The van der Waals surface area contributed by atoms with E-state index in [1.807, 2.05) is 18.2 Å². The van der Waals surface area contributed by atoms with Crippen molar-refractivity contribution >= 4 is 27.3 Å². The molecule has 1 fully saturated rings. The summed E-state index contributed by atoms with van der Waals surface area (Å²) in [4.78, 5) is 4.67.